The summed E-state index contributed by atoms with van der Waals surface area (Å²) in [6.45, 7) is 5.32. The Morgan fingerprint density at radius 2 is 2.05 bits per heavy atom. The molecule has 2 aromatic rings. The minimum atomic E-state index is 0.483. The van der Waals surface area contributed by atoms with Gasteiger partial charge in [-0.25, -0.2) is 0 Å². The van der Waals surface area contributed by atoms with E-state index in [0.29, 0.717) is 11.9 Å². The molecule has 4 heteroatoms. The van der Waals surface area contributed by atoms with Crippen molar-refractivity contribution in [3.05, 3.63) is 35.7 Å². The molecule has 1 aliphatic rings. The van der Waals surface area contributed by atoms with Gasteiger partial charge in [-0.15, -0.1) is 0 Å². The van der Waals surface area contributed by atoms with Crippen LogP contribution in [0.25, 0.3) is 11.4 Å². The summed E-state index contributed by atoms with van der Waals surface area (Å²) in [6.07, 6.45) is 4.63. The third kappa shape index (κ3) is 3.70. The van der Waals surface area contributed by atoms with Gasteiger partial charge in [-0.05, 0) is 38.6 Å². The van der Waals surface area contributed by atoms with Crippen LogP contribution in [0.1, 0.15) is 37.6 Å². The largest absolute Gasteiger partial charge is 0.339 e. The average Bonchev–Trinajstić information content (AvgIpc) is 3.24. The quantitative estimate of drug-likeness (QED) is 0.847. The molecule has 0 aliphatic heterocycles. The Labute approximate surface area is 126 Å². The summed E-state index contributed by atoms with van der Waals surface area (Å²) in [5.41, 5.74) is 2.25. The molecule has 112 valence electrons. The molecule has 1 unspecified atom stereocenters. The number of aromatic nitrogens is 2. The van der Waals surface area contributed by atoms with Crippen LogP contribution in [0.4, 0.5) is 0 Å². The molecule has 1 atom stereocenters. The topological polar surface area (TPSA) is 51.0 Å². The van der Waals surface area contributed by atoms with E-state index in [4.69, 9.17) is 4.52 Å². The highest BCUT2D eigenvalue weighted by Crippen LogP contribution is 2.34. The first kappa shape index (κ1) is 14.3. The molecule has 0 spiro atoms. The number of nitrogens with zero attached hydrogens (tertiary/aromatic N) is 2. The number of hydrogen-bond donors (Lipinski definition) is 1. The van der Waals surface area contributed by atoms with E-state index >= 15 is 0 Å². The van der Waals surface area contributed by atoms with Crippen molar-refractivity contribution >= 4 is 0 Å². The number of aryl methyl sites for hydroxylation is 1. The highest BCUT2D eigenvalue weighted by molar-refractivity contribution is 5.54. The molecule has 1 fully saturated rings. The van der Waals surface area contributed by atoms with E-state index in [2.05, 4.69) is 41.4 Å². The first-order valence-electron chi connectivity index (χ1n) is 7.89. The van der Waals surface area contributed by atoms with Gasteiger partial charge in [-0.2, -0.15) is 4.98 Å². The first-order chi connectivity index (χ1) is 10.3. The van der Waals surface area contributed by atoms with Gasteiger partial charge in [0.25, 0.3) is 0 Å². The summed E-state index contributed by atoms with van der Waals surface area (Å²) in [4.78, 5) is 4.55. The van der Waals surface area contributed by atoms with E-state index in [9.17, 15) is 0 Å². The second-order valence-corrected chi connectivity index (χ2v) is 5.98. The summed E-state index contributed by atoms with van der Waals surface area (Å²) in [5, 5.41) is 7.72. The van der Waals surface area contributed by atoms with Crippen molar-refractivity contribution in [2.24, 2.45) is 5.92 Å². The third-order valence-electron chi connectivity index (χ3n) is 4.02. The molecule has 3 rings (SSSR count). The van der Waals surface area contributed by atoms with Gasteiger partial charge in [0.15, 0.2) is 0 Å². The van der Waals surface area contributed by atoms with Crippen LogP contribution in [0.2, 0.25) is 0 Å². The van der Waals surface area contributed by atoms with Gasteiger partial charge in [0, 0.05) is 18.0 Å². The van der Waals surface area contributed by atoms with E-state index in [1.807, 2.05) is 12.1 Å². The summed E-state index contributed by atoms with van der Waals surface area (Å²) < 4.78 is 5.44. The SMILES string of the molecule is CCCNC(Cc1nc(-c2ccc(C)cc2)no1)C1CC1. The number of rotatable bonds is 7. The normalized spacial score (nSPS) is 16.1. The fraction of sp³-hybridized carbons (Fsp3) is 0.529. The lowest BCUT2D eigenvalue weighted by atomic mass is 10.1. The Morgan fingerprint density at radius 3 is 2.71 bits per heavy atom. The summed E-state index contributed by atoms with van der Waals surface area (Å²) in [6, 6.07) is 8.70. The monoisotopic (exact) mass is 285 g/mol. The van der Waals surface area contributed by atoms with Gasteiger partial charge in [-0.3, -0.25) is 0 Å². The van der Waals surface area contributed by atoms with Crippen LogP contribution in [-0.2, 0) is 6.42 Å². The number of benzene rings is 1. The van der Waals surface area contributed by atoms with Crippen molar-refractivity contribution in [2.45, 2.75) is 45.6 Å². The Hall–Kier alpha value is -1.68. The van der Waals surface area contributed by atoms with Gasteiger partial charge >= 0.3 is 0 Å². The lowest BCUT2D eigenvalue weighted by Crippen LogP contribution is -2.33. The molecular weight excluding hydrogens is 262 g/mol. The van der Waals surface area contributed by atoms with Gasteiger partial charge in [0.2, 0.25) is 11.7 Å². The second-order valence-electron chi connectivity index (χ2n) is 5.98. The Kier molecular flexibility index (Phi) is 4.34. The highest BCUT2D eigenvalue weighted by Gasteiger charge is 2.32. The molecule has 0 amide bonds. The second kappa shape index (κ2) is 6.39. The van der Waals surface area contributed by atoms with Crippen LogP contribution in [0.5, 0.6) is 0 Å². The molecule has 0 saturated heterocycles. The van der Waals surface area contributed by atoms with Gasteiger partial charge in [0.05, 0.1) is 0 Å². The molecule has 1 N–H and O–H groups in total. The zero-order valence-electron chi connectivity index (χ0n) is 12.8. The standard InChI is InChI=1S/C17H23N3O/c1-3-10-18-15(13-8-9-13)11-16-19-17(20-21-16)14-6-4-12(2)5-7-14/h4-7,13,15,18H,3,8-11H2,1-2H3. The fourth-order valence-electron chi connectivity index (χ4n) is 2.58. The molecular formula is C17H23N3O. The maximum absolute atomic E-state index is 5.44. The van der Waals surface area contributed by atoms with E-state index in [1.54, 1.807) is 0 Å². The van der Waals surface area contributed by atoms with Crippen LogP contribution in [-0.4, -0.2) is 22.7 Å². The predicted molar refractivity (Wildman–Crippen MR) is 83.0 cm³/mol. The van der Waals surface area contributed by atoms with Crippen LogP contribution in [0, 0.1) is 12.8 Å². The molecule has 21 heavy (non-hydrogen) atoms. The van der Waals surface area contributed by atoms with Crippen molar-refractivity contribution in [2.75, 3.05) is 6.54 Å². The van der Waals surface area contributed by atoms with Crippen molar-refractivity contribution in [1.82, 2.24) is 15.5 Å². The van der Waals surface area contributed by atoms with E-state index < -0.39 is 0 Å². The van der Waals surface area contributed by atoms with Gasteiger partial charge in [0.1, 0.15) is 0 Å². The van der Waals surface area contributed by atoms with Crippen molar-refractivity contribution in [3.8, 4) is 11.4 Å². The molecule has 4 nitrogen and oxygen atoms in total. The van der Waals surface area contributed by atoms with E-state index in [-0.39, 0.29) is 0 Å². The molecule has 1 aliphatic carbocycles. The molecule has 1 aromatic carbocycles. The Balaban J connectivity index is 1.67. The zero-order chi connectivity index (χ0) is 14.7. The fourth-order valence-corrected chi connectivity index (χ4v) is 2.58. The molecule has 1 saturated carbocycles. The zero-order valence-corrected chi connectivity index (χ0v) is 12.8. The lowest BCUT2D eigenvalue weighted by Gasteiger charge is -2.15. The van der Waals surface area contributed by atoms with Crippen molar-refractivity contribution in [1.29, 1.82) is 0 Å². The average molecular weight is 285 g/mol. The van der Waals surface area contributed by atoms with Crippen LogP contribution >= 0.6 is 0 Å². The smallest absolute Gasteiger partial charge is 0.228 e. The Bertz CT molecular complexity index is 572. The molecule has 1 aromatic heterocycles. The van der Waals surface area contributed by atoms with Crippen molar-refractivity contribution < 1.29 is 4.52 Å². The first-order valence-corrected chi connectivity index (χ1v) is 7.89. The maximum atomic E-state index is 5.44. The summed E-state index contributed by atoms with van der Waals surface area (Å²) >= 11 is 0. The summed E-state index contributed by atoms with van der Waals surface area (Å²) in [7, 11) is 0. The molecule has 0 bridgehead atoms. The van der Waals surface area contributed by atoms with Gasteiger partial charge in [-0.1, -0.05) is 41.9 Å². The van der Waals surface area contributed by atoms with Crippen LogP contribution < -0.4 is 5.32 Å². The molecule has 0 radical (unpaired) electrons. The van der Waals surface area contributed by atoms with E-state index in [0.717, 1.165) is 36.8 Å². The number of nitrogens with one attached hydrogen (secondary N) is 1. The number of hydrogen-bond acceptors (Lipinski definition) is 4. The van der Waals surface area contributed by atoms with Crippen LogP contribution in [0.3, 0.4) is 0 Å². The van der Waals surface area contributed by atoms with Crippen LogP contribution in [0.15, 0.2) is 28.8 Å². The summed E-state index contributed by atoms with van der Waals surface area (Å²) in [5.74, 6) is 2.22. The highest BCUT2D eigenvalue weighted by atomic mass is 16.5. The maximum Gasteiger partial charge on any atom is 0.228 e. The minimum Gasteiger partial charge on any atom is -0.339 e. The van der Waals surface area contributed by atoms with E-state index in [1.165, 1.54) is 18.4 Å². The third-order valence-corrected chi connectivity index (χ3v) is 4.02. The molecule has 1 heterocycles. The lowest BCUT2D eigenvalue weighted by molar-refractivity contribution is 0.346. The Morgan fingerprint density at radius 1 is 1.29 bits per heavy atom. The van der Waals surface area contributed by atoms with Gasteiger partial charge < -0.3 is 9.84 Å². The van der Waals surface area contributed by atoms with Crippen molar-refractivity contribution in [3.63, 3.8) is 0 Å². The minimum absolute atomic E-state index is 0.483. The predicted octanol–water partition coefficient (Wildman–Crippen LogP) is 3.37.